The van der Waals surface area contributed by atoms with Crippen LogP contribution in [0.15, 0.2) is 48.5 Å². The second-order valence-corrected chi connectivity index (χ2v) is 3.44. The fourth-order valence-corrected chi connectivity index (χ4v) is 1.34. The van der Waals surface area contributed by atoms with Gasteiger partial charge in [-0.25, -0.2) is 8.78 Å². The maximum absolute atomic E-state index is 12.6. The molecule has 2 heteroatoms. The maximum Gasteiger partial charge on any atom is 0.123 e. The van der Waals surface area contributed by atoms with Crippen LogP contribution in [0, 0.1) is 11.6 Å². The van der Waals surface area contributed by atoms with Gasteiger partial charge in [-0.05, 0) is 35.4 Å². The molecule has 0 aliphatic rings. The fourth-order valence-electron chi connectivity index (χ4n) is 1.34. The number of hydrogen-bond acceptors (Lipinski definition) is 0. The smallest absolute Gasteiger partial charge is 0.123 e. The van der Waals surface area contributed by atoms with Crippen molar-refractivity contribution in [2.45, 2.75) is 0 Å². The lowest BCUT2D eigenvalue weighted by Gasteiger charge is -1.94. The summed E-state index contributed by atoms with van der Waals surface area (Å²) in [6, 6.07) is 12.4. The van der Waals surface area contributed by atoms with Gasteiger partial charge < -0.3 is 0 Å². The molecule has 0 spiro atoms. The van der Waals surface area contributed by atoms with E-state index in [2.05, 4.69) is 0 Å². The van der Waals surface area contributed by atoms with E-state index in [4.69, 9.17) is 0 Å². The molecule has 2 aromatic rings. The summed E-state index contributed by atoms with van der Waals surface area (Å²) in [4.78, 5) is 0. The average Bonchev–Trinajstić information content (AvgIpc) is 2.30. The van der Waals surface area contributed by atoms with Gasteiger partial charge in [-0.1, -0.05) is 36.4 Å². The van der Waals surface area contributed by atoms with Crippen molar-refractivity contribution >= 4 is 12.2 Å². The molecule has 0 amide bonds. The highest BCUT2D eigenvalue weighted by Crippen LogP contribution is 2.09. The third-order valence-electron chi connectivity index (χ3n) is 2.21. The molecule has 0 radical (unpaired) electrons. The molecule has 0 aliphatic heterocycles. The van der Waals surface area contributed by atoms with Gasteiger partial charge in [-0.2, -0.15) is 0 Å². The third kappa shape index (κ3) is 2.76. The first-order chi connectivity index (χ1) is 7.74. The van der Waals surface area contributed by atoms with E-state index >= 15 is 0 Å². The Bertz CT molecular complexity index is 434. The van der Waals surface area contributed by atoms with Crippen molar-refractivity contribution in [2.24, 2.45) is 0 Å². The SMILES string of the molecule is Fc1ccc(/C=C/c2ccc(F)cc2)cc1. The average molecular weight is 216 g/mol. The summed E-state index contributed by atoms with van der Waals surface area (Å²) < 4.78 is 25.3. The van der Waals surface area contributed by atoms with Crippen molar-refractivity contribution < 1.29 is 8.78 Å². The molecule has 0 heterocycles. The molecule has 0 fully saturated rings. The second kappa shape index (κ2) is 4.71. The molecule has 0 bridgehead atoms. The predicted octanol–water partition coefficient (Wildman–Crippen LogP) is 4.14. The third-order valence-corrected chi connectivity index (χ3v) is 2.21. The lowest BCUT2D eigenvalue weighted by Crippen LogP contribution is -1.76. The van der Waals surface area contributed by atoms with Crippen LogP contribution in [-0.4, -0.2) is 0 Å². The van der Waals surface area contributed by atoms with Crippen LogP contribution in [0.3, 0.4) is 0 Å². The summed E-state index contributed by atoms with van der Waals surface area (Å²) in [7, 11) is 0. The molecule has 0 aliphatic carbocycles. The molecule has 0 nitrogen and oxygen atoms in total. The van der Waals surface area contributed by atoms with Crippen molar-refractivity contribution in [2.75, 3.05) is 0 Å². The number of halogens is 2. The van der Waals surface area contributed by atoms with E-state index in [0.717, 1.165) is 11.1 Å². The van der Waals surface area contributed by atoms with Gasteiger partial charge in [0.05, 0.1) is 0 Å². The molecule has 2 rings (SSSR count). The standard InChI is InChI=1S/C14H10F2/c15-13-7-3-11(4-8-13)1-2-12-5-9-14(16)10-6-12/h1-10H/b2-1+. The van der Waals surface area contributed by atoms with E-state index in [9.17, 15) is 8.78 Å². The van der Waals surface area contributed by atoms with Gasteiger partial charge >= 0.3 is 0 Å². The normalized spacial score (nSPS) is 10.9. The van der Waals surface area contributed by atoms with Gasteiger partial charge in [0.15, 0.2) is 0 Å². The summed E-state index contributed by atoms with van der Waals surface area (Å²) in [6.07, 6.45) is 3.71. The van der Waals surface area contributed by atoms with Crippen LogP contribution in [0.2, 0.25) is 0 Å². The Balaban J connectivity index is 2.15. The summed E-state index contributed by atoms with van der Waals surface area (Å²) >= 11 is 0. The molecular weight excluding hydrogens is 206 g/mol. The van der Waals surface area contributed by atoms with E-state index in [1.54, 1.807) is 24.3 Å². The van der Waals surface area contributed by atoms with E-state index in [-0.39, 0.29) is 11.6 Å². The van der Waals surface area contributed by atoms with Gasteiger partial charge in [0.2, 0.25) is 0 Å². The van der Waals surface area contributed by atoms with Crippen molar-refractivity contribution in [3.05, 3.63) is 71.3 Å². The first-order valence-electron chi connectivity index (χ1n) is 4.93. The van der Waals surface area contributed by atoms with Crippen LogP contribution in [0.25, 0.3) is 12.2 Å². The number of rotatable bonds is 2. The Morgan fingerprint density at radius 1 is 0.562 bits per heavy atom. The predicted molar refractivity (Wildman–Crippen MR) is 61.7 cm³/mol. The van der Waals surface area contributed by atoms with Crippen molar-refractivity contribution in [1.29, 1.82) is 0 Å². The molecule has 0 saturated heterocycles. The molecular formula is C14H10F2. The van der Waals surface area contributed by atoms with Crippen molar-refractivity contribution in [1.82, 2.24) is 0 Å². The molecule has 16 heavy (non-hydrogen) atoms. The van der Waals surface area contributed by atoms with Crippen molar-refractivity contribution in [3.8, 4) is 0 Å². The Morgan fingerprint density at radius 2 is 0.875 bits per heavy atom. The lowest BCUT2D eigenvalue weighted by molar-refractivity contribution is 0.627. The fraction of sp³-hybridized carbons (Fsp3) is 0. The zero-order valence-electron chi connectivity index (χ0n) is 8.53. The lowest BCUT2D eigenvalue weighted by atomic mass is 10.1. The van der Waals surface area contributed by atoms with Crippen LogP contribution >= 0.6 is 0 Å². The van der Waals surface area contributed by atoms with Crippen LogP contribution < -0.4 is 0 Å². The van der Waals surface area contributed by atoms with Crippen molar-refractivity contribution in [3.63, 3.8) is 0 Å². The zero-order chi connectivity index (χ0) is 11.4. The summed E-state index contributed by atoms with van der Waals surface area (Å²) in [6.45, 7) is 0. The molecule has 2 aromatic carbocycles. The summed E-state index contributed by atoms with van der Waals surface area (Å²) in [5.41, 5.74) is 1.82. The minimum atomic E-state index is -0.251. The minimum absolute atomic E-state index is 0.251. The Kier molecular flexibility index (Phi) is 3.10. The highest BCUT2D eigenvalue weighted by molar-refractivity contribution is 5.69. The van der Waals surface area contributed by atoms with Gasteiger partial charge in [0.25, 0.3) is 0 Å². The van der Waals surface area contributed by atoms with E-state index < -0.39 is 0 Å². The summed E-state index contributed by atoms with van der Waals surface area (Å²) in [5, 5.41) is 0. The minimum Gasteiger partial charge on any atom is -0.207 e. The monoisotopic (exact) mass is 216 g/mol. The maximum atomic E-state index is 12.6. The Labute approximate surface area is 92.9 Å². The van der Waals surface area contributed by atoms with Crippen LogP contribution in [0.1, 0.15) is 11.1 Å². The summed E-state index contributed by atoms with van der Waals surface area (Å²) in [5.74, 6) is -0.502. The van der Waals surface area contributed by atoms with Crippen LogP contribution in [-0.2, 0) is 0 Å². The molecule has 0 unspecified atom stereocenters. The zero-order valence-corrected chi connectivity index (χ0v) is 8.53. The molecule has 0 aromatic heterocycles. The van der Waals surface area contributed by atoms with Gasteiger partial charge in [0, 0.05) is 0 Å². The Hall–Kier alpha value is -1.96. The Morgan fingerprint density at radius 3 is 1.19 bits per heavy atom. The van der Waals surface area contributed by atoms with Gasteiger partial charge in [-0.3, -0.25) is 0 Å². The largest absolute Gasteiger partial charge is 0.207 e. The highest BCUT2D eigenvalue weighted by Gasteiger charge is 1.91. The van der Waals surface area contributed by atoms with Crippen LogP contribution in [0.5, 0.6) is 0 Å². The highest BCUT2D eigenvalue weighted by atomic mass is 19.1. The molecule has 0 saturated carbocycles. The second-order valence-electron chi connectivity index (χ2n) is 3.44. The van der Waals surface area contributed by atoms with Gasteiger partial charge in [-0.15, -0.1) is 0 Å². The van der Waals surface area contributed by atoms with E-state index in [0.29, 0.717) is 0 Å². The molecule has 0 N–H and O–H groups in total. The molecule has 80 valence electrons. The quantitative estimate of drug-likeness (QED) is 0.662. The van der Waals surface area contributed by atoms with Crippen LogP contribution in [0.4, 0.5) is 8.78 Å². The number of benzene rings is 2. The number of hydrogen-bond donors (Lipinski definition) is 0. The van der Waals surface area contributed by atoms with E-state index in [1.165, 1.54) is 24.3 Å². The molecule has 0 atom stereocenters. The first-order valence-corrected chi connectivity index (χ1v) is 4.93. The topological polar surface area (TPSA) is 0 Å². The first kappa shape index (κ1) is 10.6. The van der Waals surface area contributed by atoms with E-state index in [1.807, 2.05) is 12.2 Å². The van der Waals surface area contributed by atoms with Gasteiger partial charge in [0.1, 0.15) is 11.6 Å².